The van der Waals surface area contributed by atoms with Crippen LogP contribution in [0.15, 0.2) is 17.9 Å². The van der Waals surface area contributed by atoms with Crippen molar-refractivity contribution in [1.29, 1.82) is 0 Å². The number of aromatic nitrogens is 3. The fraction of sp³-hybridized carbons (Fsp3) is 0.385. The zero-order valence-corrected chi connectivity index (χ0v) is 12.9. The number of nitrogens with one attached hydrogen (secondary N) is 2. The van der Waals surface area contributed by atoms with E-state index in [4.69, 9.17) is 4.74 Å². The minimum atomic E-state index is -0.367. The molecule has 0 saturated carbocycles. The molecule has 112 valence electrons. The van der Waals surface area contributed by atoms with Gasteiger partial charge in [-0.15, -0.1) is 11.3 Å². The van der Waals surface area contributed by atoms with E-state index in [0.29, 0.717) is 24.0 Å². The summed E-state index contributed by atoms with van der Waals surface area (Å²) in [6, 6.07) is -0.367. The van der Waals surface area contributed by atoms with E-state index in [9.17, 15) is 4.79 Å². The number of methoxy groups -OCH3 is 1. The van der Waals surface area contributed by atoms with Crippen molar-refractivity contribution in [2.45, 2.75) is 26.3 Å². The molecule has 0 aromatic carbocycles. The van der Waals surface area contributed by atoms with Crippen LogP contribution < -0.4 is 15.4 Å². The average Bonchev–Trinajstić information content (AvgIpc) is 2.95. The van der Waals surface area contributed by atoms with Crippen LogP contribution in [0, 0.1) is 0 Å². The minimum Gasteiger partial charge on any atom is -0.491 e. The maximum atomic E-state index is 11.8. The summed E-state index contributed by atoms with van der Waals surface area (Å²) >= 11 is 1.53. The number of anilines is 1. The second-order valence-electron chi connectivity index (χ2n) is 4.57. The topological polar surface area (TPSA) is 89.0 Å². The van der Waals surface area contributed by atoms with Crippen LogP contribution in [0.3, 0.4) is 0 Å². The molecule has 0 unspecified atom stereocenters. The van der Waals surface area contributed by atoms with Crippen molar-refractivity contribution in [2.75, 3.05) is 12.4 Å². The molecule has 2 N–H and O–H groups in total. The predicted molar refractivity (Wildman–Crippen MR) is 80.6 cm³/mol. The van der Waals surface area contributed by atoms with Crippen LogP contribution >= 0.6 is 11.3 Å². The number of hydrogen-bond acceptors (Lipinski definition) is 6. The Kier molecular flexibility index (Phi) is 5.04. The van der Waals surface area contributed by atoms with Crippen LogP contribution in [0.4, 0.5) is 10.6 Å². The first-order valence-corrected chi connectivity index (χ1v) is 7.31. The van der Waals surface area contributed by atoms with Crippen LogP contribution in [0.5, 0.6) is 5.75 Å². The van der Waals surface area contributed by atoms with Gasteiger partial charge in [-0.1, -0.05) is 13.8 Å². The lowest BCUT2D eigenvalue weighted by Crippen LogP contribution is -2.28. The average molecular weight is 307 g/mol. The van der Waals surface area contributed by atoms with Gasteiger partial charge in [-0.25, -0.2) is 19.7 Å². The van der Waals surface area contributed by atoms with Crippen LogP contribution in [0.25, 0.3) is 0 Å². The molecule has 0 spiro atoms. The number of hydrogen-bond donors (Lipinski definition) is 2. The highest BCUT2D eigenvalue weighted by atomic mass is 32.1. The summed E-state index contributed by atoms with van der Waals surface area (Å²) in [6.45, 7) is 4.54. The SMILES string of the molecule is COc1cncnc1NC(=O)NCc1nc(C(C)C)cs1. The van der Waals surface area contributed by atoms with E-state index in [1.165, 1.54) is 31.0 Å². The van der Waals surface area contributed by atoms with Gasteiger partial charge in [0, 0.05) is 5.38 Å². The highest BCUT2D eigenvalue weighted by molar-refractivity contribution is 7.09. The molecule has 0 aliphatic rings. The first kappa shape index (κ1) is 15.2. The zero-order valence-electron chi connectivity index (χ0n) is 12.1. The Bertz CT molecular complexity index is 614. The maximum absolute atomic E-state index is 11.8. The van der Waals surface area contributed by atoms with Crippen molar-refractivity contribution in [1.82, 2.24) is 20.3 Å². The number of urea groups is 1. The second kappa shape index (κ2) is 6.98. The molecule has 0 radical (unpaired) electrons. The van der Waals surface area contributed by atoms with Crippen molar-refractivity contribution in [3.05, 3.63) is 28.6 Å². The maximum Gasteiger partial charge on any atom is 0.320 e. The molecule has 0 bridgehead atoms. The number of nitrogens with zero attached hydrogens (tertiary/aromatic N) is 3. The van der Waals surface area contributed by atoms with Crippen LogP contribution in [0.2, 0.25) is 0 Å². The molecule has 2 aromatic rings. The monoisotopic (exact) mass is 307 g/mol. The minimum absolute atomic E-state index is 0.326. The van der Waals surface area contributed by atoms with Crippen molar-refractivity contribution < 1.29 is 9.53 Å². The van der Waals surface area contributed by atoms with Gasteiger partial charge in [-0.2, -0.15) is 0 Å². The third-order valence-corrected chi connectivity index (χ3v) is 3.56. The molecule has 0 aliphatic heterocycles. The number of thiazole rings is 1. The highest BCUT2D eigenvalue weighted by Crippen LogP contribution is 2.19. The summed E-state index contributed by atoms with van der Waals surface area (Å²) in [6.07, 6.45) is 2.83. The molecule has 7 nitrogen and oxygen atoms in total. The van der Waals surface area contributed by atoms with E-state index < -0.39 is 0 Å². The first-order chi connectivity index (χ1) is 10.1. The Morgan fingerprint density at radius 3 is 2.95 bits per heavy atom. The largest absolute Gasteiger partial charge is 0.491 e. The van der Waals surface area contributed by atoms with Gasteiger partial charge in [0.05, 0.1) is 25.5 Å². The lowest BCUT2D eigenvalue weighted by Gasteiger charge is -2.08. The van der Waals surface area contributed by atoms with Gasteiger partial charge in [0.25, 0.3) is 0 Å². The van der Waals surface area contributed by atoms with Crippen molar-refractivity contribution >= 4 is 23.2 Å². The Labute approximate surface area is 126 Å². The molecule has 0 saturated heterocycles. The van der Waals surface area contributed by atoms with Crippen LogP contribution in [0.1, 0.15) is 30.5 Å². The van der Waals surface area contributed by atoms with Crippen molar-refractivity contribution in [2.24, 2.45) is 0 Å². The van der Waals surface area contributed by atoms with E-state index in [2.05, 4.69) is 39.4 Å². The summed E-state index contributed by atoms with van der Waals surface area (Å²) in [5, 5.41) is 8.22. The molecule has 2 heterocycles. The number of rotatable bonds is 5. The van der Waals surface area contributed by atoms with Crippen LogP contribution in [-0.4, -0.2) is 28.1 Å². The van der Waals surface area contributed by atoms with E-state index in [1.807, 2.05) is 5.38 Å². The Morgan fingerprint density at radius 1 is 1.48 bits per heavy atom. The molecule has 8 heteroatoms. The Morgan fingerprint density at radius 2 is 2.29 bits per heavy atom. The van der Waals surface area contributed by atoms with Gasteiger partial charge in [0.15, 0.2) is 11.6 Å². The van der Waals surface area contributed by atoms with Crippen LogP contribution in [-0.2, 0) is 6.54 Å². The normalized spacial score (nSPS) is 10.5. The number of carbonyl (C=O) groups excluding carboxylic acids is 1. The smallest absolute Gasteiger partial charge is 0.320 e. The van der Waals surface area contributed by atoms with Gasteiger partial charge in [0.2, 0.25) is 0 Å². The zero-order chi connectivity index (χ0) is 15.2. The summed E-state index contributed by atoms with van der Waals surface area (Å²) in [5.41, 5.74) is 1.04. The third-order valence-electron chi connectivity index (χ3n) is 2.69. The van der Waals surface area contributed by atoms with Crippen molar-refractivity contribution in [3.63, 3.8) is 0 Å². The molecule has 0 aliphatic carbocycles. The lowest BCUT2D eigenvalue weighted by molar-refractivity contribution is 0.251. The van der Waals surface area contributed by atoms with Gasteiger partial charge < -0.3 is 10.1 Å². The van der Waals surface area contributed by atoms with E-state index in [1.54, 1.807) is 0 Å². The molecule has 2 amide bonds. The summed E-state index contributed by atoms with van der Waals surface area (Å²) in [4.78, 5) is 24.1. The fourth-order valence-electron chi connectivity index (χ4n) is 1.54. The number of amides is 2. The second-order valence-corrected chi connectivity index (χ2v) is 5.51. The van der Waals surface area contributed by atoms with Gasteiger partial charge >= 0.3 is 6.03 Å². The molecule has 0 fully saturated rings. The lowest BCUT2D eigenvalue weighted by atomic mass is 10.2. The quantitative estimate of drug-likeness (QED) is 0.885. The Hall–Kier alpha value is -2.22. The summed E-state index contributed by atoms with van der Waals surface area (Å²) < 4.78 is 5.06. The molecular formula is C13H17N5O2S. The molecule has 21 heavy (non-hydrogen) atoms. The highest BCUT2D eigenvalue weighted by Gasteiger charge is 2.10. The first-order valence-electron chi connectivity index (χ1n) is 6.43. The molecule has 0 atom stereocenters. The Balaban J connectivity index is 1.89. The van der Waals surface area contributed by atoms with E-state index in [0.717, 1.165) is 10.7 Å². The number of carbonyl (C=O) groups is 1. The van der Waals surface area contributed by atoms with E-state index in [-0.39, 0.29) is 6.03 Å². The molecule has 2 rings (SSSR count). The molecule has 2 aromatic heterocycles. The summed E-state index contributed by atoms with van der Waals surface area (Å²) in [5.74, 6) is 1.12. The van der Waals surface area contributed by atoms with E-state index >= 15 is 0 Å². The summed E-state index contributed by atoms with van der Waals surface area (Å²) in [7, 11) is 1.49. The van der Waals surface area contributed by atoms with Gasteiger partial charge in [-0.05, 0) is 5.92 Å². The standard InChI is InChI=1S/C13H17N5O2S/c1-8(2)9-6-21-11(17-9)5-15-13(19)18-12-10(20-3)4-14-7-16-12/h4,6-8H,5H2,1-3H3,(H2,14,15,16,18,19). The van der Waals surface area contributed by atoms with Gasteiger partial charge in [0.1, 0.15) is 11.3 Å². The third kappa shape index (κ3) is 4.12. The van der Waals surface area contributed by atoms with Crippen molar-refractivity contribution in [3.8, 4) is 5.75 Å². The molecular weight excluding hydrogens is 290 g/mol. The predicted octanol–water partition coefficient (Wildman–Crippen LogP) is 2.39. The number of ether oxygens (including phenoxy) is 1. The fourth-order valence-corrected chi connectivity index (χ4v) is 2.43. The van der Waals surface area contributed by atoms with Gasteiger partial charge in [-0.3, -0.25) is 5.32 Å².